The third-order valence-electron chi connectivity index (χ3n) is 5.56. The Balaban J connectivity index is 1.76. The molecular formula is C26H23FN2O3. The van der Waals surface area contributed by atoms with Gasteiger partial charge >= 0.3 is 0 Å². The van der Waals surface area contributed by atoms with Gasteiger partial charge in [0.05, 0.1) is 19.2 Å². The average Bonchev–Trinajstić information content (AvgIpc) is 3.01. The van der Waals surface area contributed by atoms with Gasteiger partial charge in [0.15, 0.2) is 0 Å². The van der Waals surface area contributed by atoms with Gasteiger partial charge in [0.25, 0.3) is 11.8 Å². The van der Waals surface area contributed by atoms with Gasteiger partial charge in [0.2, 0.25) is 0 Å². The zero-order chi connectivity index (χ0) is 22.8. The molecule has 3 aromatic rings. The van der Waals surface area contributed by atoms with E-state index >= 15 is 0 Å². The van der Waals surface area contributed by atoms with Crippen molar-refractivity contribution in [3.05, 3.63) is 100 Å². The van der Waals surface area contributed by atoms with Gasteiger partial charge in [-0.3, -0.25) is 14.5 Å². The number of methoxy groups -OCH3 is 1. The summed E-state index contributed by atoms with van der Waals surface area (Å²) in [6, 6.07) is 18.6. The Morgan fingerprint density at radius 2 is 1.66 bits per heavy atom. The SMILES string of the molecule is COc1cccc(NC2=C(c3ccc(C)c(C)c3)C(=O)N(Cc3ccc(F)cc3)C2=O)c1. The molecule has 6 heteroatoms. The minimum absolute atomic E-state index is 0.0512. The molecule has 0 fully saturated rings. The van der Waals surface area contributed by atoms with Gasteiger partial charge in [-0.15, -0.1) is 0 Å². The first-order valence-corrected chi connectivity index (χ1v) is 10.2. The Hall–Kier alpha value is -3.93. The van der Waals surface area contributed by atoms with Crippen LogP contribution in [0.1, 0.15) is 22.3 Å². The van der Waals surface area contributed by atoms with E-state index in [1.165, 1.54) is 17.0 Å². The van der Waals surface area contributed by atoms with Crippen molar-refractivity contribution in [1.29, 1.82) is 0 Å². The highest BCUT2D eigenvalue weighted by molar-refractivity contribution is 6.36. The lowest BCUT2D eigenvalue weighted by Gasteiger charge is -2.15. The summed E-state index contributed by atoms with van der Waals surface area (Å²) >= 11 is 0. The number of carbonyl (C=O) groups is 2. The molecule has 2 amide bonds. The smallest absolute Gasteiger partial charge is 0.278 e. The maximum absolute atomic E-state index is 13.4. The van der Waals surface area contributed by atoms with Crippen molar-refractivity contribution in [1.82, 2.24) is 4.90 Å². The molecule has 0 spiro atoms. The number of aryl methyl sites for hydroxylation is 2. The molecule has 0 unspecified atom stereocenters. The van der Waals surface area contributed by atoms with Crippen LogP contribution in [-0.2, 0) is 16.1 Å². The Bertz CT molecular complexity index is 1230. The summed E-state index contributed by atoms with van der Waals surface area (Å²) < 4.78 is 18.6. The number of benzene rings is 3. The standard InChI is InChI=1S/C26H23FN2O3/c1-16-7-10-19(13-17(16)2)23-24(28-21-5-4-6-22(14-21)32-3)26(31)29(25(23)30)15-18-8-11-20(27)12-9-18/h4-14,28H,15H2,1-3H3. The molecule has 162 valence electrons. The average molecular weight is 430 g/mol. The number of rotatable bonds is 6. The van der Waals surface area contributed by atoms with Gasteiger partial charge in [-0.1, -0.05) is 36.4 Å². The Morgan fingerprint density at radius 1 is 0.906 bits per heavy atom. The van der Waals surface area contributed by atoms with E-state index in [1.54, 1.807) is 43.5 Å². The lowest BCUT2D eigenvalue weighted by atomic mass is 9.99. The predicted octanol–water partition coefficient (Wildman–Crippen LogP) is 4.84. The molecule has 5 nitrogen and oxygen atoms in total. The minimum Gasteiger partial charge on any atom is -0.497 e. The molecule has 0 atom stereocenters. The molecule has 0 bridgehead atoms. The molecule has 1 N–H and O–H groups in total. The number of hydrogen-bond donors (Lipinski definition) is 1. The number of hydrogen-bond acceptors (Lipinski definition) is 4. The maximum Gasteiger partial charge on any atom is 0.278 e. The lowest BCUT2D eigenvalue weighted by Crippen LogP contribution is -2.32. The van der Waals surface area contributed by atoms with Crippen molar-refractivity contribution in [2.75, 3.05) is 12.4 Å². The van der Waals surface area contributed by atoms with E-state index in [2.05, 4.69) is 5.32 Å². The maximum atomic E-state index is 13.4. The van der Waals surface area contributed by atoms with Crippen LogP contribution >= 0.6 is 0 Å². The molecular weight excluding hydrogens is 407 g/mol. The Morgan fingerprint density at radius 3 is 2.34 bits per heavy atom. The van der Waals surface area contributed by atoms with Gasteiger partial charge in [-0.05, 0) is 60.4 Å². The van der Waals surface area contributed by atoms with Crippen molar-refractivity contribution < 1.29 is 18.7 Å². The van der Waals surface area contributed by atoms with E-state index in [9.17, 15) is 14.0 Å². The van der Waals surface area contributed by atoms with Crippen molar-refractivity contribution in [2.24, 2.45) is 0 Å². The number of amides is 2. The van der Waals surface area contributed by atoms with Gasteiger partial charge in [-0.25, -0.2) is 4.39 Å². The van der Waals surface area contributed by atoms with Gasteiger partial charge in [0.1, 0.15) is 17.3 Å². The van der Waals surface area contributed by atoms with Crippen molar-refractivity contribution in [3.63, 3.8) is 0 Å². The van der Waals surface area contributed by atoms with Gasteiger partial charge in [0, 0.05) is 11.8 Å². The van der Waals surface area contributed by atoms with E-state index in [0.29, 0.717) is 28.1 Å². The number of nitrogens with zero attached hydrogens (tertiary/aromatic N) is 1. The quantitative estimate of drug-likeness (QED) is 0.569. The second kappa shape index (κ2) is 8.67. The highest BCUT2D eigenvalue weighted by Gasteiger charge is 2.39. The summed E-state index contributed by atoms with van der Waals surface area (Å²) in [4.78, 5) is 28.0. The highest BCUT2D eigenvalue weighted by Crippen LogP contribution is 2.33. The van der Waals surface area contributed by atoms with Crippen LogP contribution in [0.4, 0.5) is 10.1 Å². The van der Waals surface area contributed by atoms with Crippen LogP contribution in [0.15, 0.2) is 72.4 Å². The molecule has 1 aliphatic heterocycles. The summed E-state index contributed by atoms with van der Waals surface area (Å²) in [5.41, 5.74) is 4.58. The Labute approximate surface area is 186 Å². The van der Waals surface area contributed by atoms with E-state index in [4.69, 9.17) is 4.74 Å². The monoisotopic (exact) mass is 430 g/mol. The van der Waals surface area contributed by atoms with Crippen LogP contribution in [0, 0.1) is 19.7 Å². The number of carbonyl (C=O) groups excluding carboxylic acids is 2. The van der Waals surface area contributed by atoms with Gasteiger partial charge in [-0.2, -0.15) is 0 Å². The first-order valence-electron chi connectivity index (χ1n) is 10.2. The first-order chi connectivity index (χ1) is 15.4. The zero-order valence-electron chi connectivity index (χ0n) is 18.1. The molecule has 0 saturated carbocycles. The fourth-order valence-electron chi connectivity index (χ4n) is 3.62. The number of halogens is 1. The molecule has 0 saturated heterocycles. The van der Waals surface area contributed by atoms with Crippen LogP contribution in [0.25, 0.3) is 5.57 Å². The molecule has 0 aliphatic carbocycles. The second-order valence-corrected chi connectivity index (χ2v) is 7.73. The number of anilines is 1. The number of nitrogens with one attached hydrogen (secondary N) is 1. The fraction of sp³-hybridized carbons (Fsp3) is 0.154. The molecule has 0 radical (unpaired) electrons. The fourth-order valence-corrected chi connectivity index (χ4v) is 3.62. The van der Waals surface area contributed by atoms with Crippen LogP contribution in [-0.4, -0.2) is 23.8 Å². The molecule has 3 aromatic carbocycles. The third-order valence-corrected chi connectivity index (χ3v) is 5.56. The van der Waals surface area contributed by atoms with E-state index < -0.39 is 11.8 Å². The zero-order valence-corrected chi connectivity index (χ0v) is 18.1. The van der Waals surface area contributed by atoms with Crippen molar-refractivity contribution in [2.45, 2.75) is 20.4 Å². The largest absolute Gasteiger partial charge is 0.497 e. The molecule has 0 aromatic heterocycles. The van der Waals surface area contributed by atoms with E-state index in [0.717, 1.165) is 11.1 Å². The summed E-state index contributed by atoms with van der Waals surface area (Å²) in [5, 5.41) is 3.13. The molecule has 4 rings (SSSR count). The predicted molar refractivity (Wildman–Crippen MR) is 121 cm³/mol. The summed E-state index contributed by atoms with van der Waals surface area (Å²) in [5.74, 6) is -0.575. The summed E-state index contributed by atoms with van der Waals surface area (Å²) in [6.45, 7) is 4.01. The number of imide groups is 1. The topological polar surface area (TPSA) is 58.6 Å². The third kappa shape index (κ3) is 4.12. The van der Waals surface area contributed by atoms with E-state index in [-0.39, 0.29) is 18.1 Å². The summed E-state index contributed by atoms with van der Waals surface area (Å²) in [7, 11) is 1.56. The van der Waals surface area contributed by atoms with Crippen LogP contribution in [0.3, 0.4) is 0 Å². The first kappa shape index (κ1) is 21.3. The number of ether oxygens (including phenoxy) is 1. The summed E-state index contributed by atoms with van der Waals surface area (Å²) in [6.07, 6.45) is 0. The minimum atomic E-state index is -0.435. The molecule has 1 heterocycles. The highest BCUT2D eigenvalue weighted by atomic mass is 19.1. The van der Waals surface area contributed by atoms with E-state index in [1.807, 2.05) is 32.0 Å². The lowest BCUT2D eigenvalue weighted by molar-refractivity contribution is -0.137. The molecule has 32 heavy (non-hydrogen) atoms. The van der Waals surface area contributed by atoms with Crippen LogP contribution < -0.4 is 10.1 Å². The van der Waals surface area contributed by atoms with Crippen LogP contribution in [0.2, 0.25) is 0 Å². The van der Waals surface area contributed by atoms with Gasteiger partial charge < -0.3 is 10.1 Å². The normalized spacial score (nSPS) is 13.7. The van der Waals surface area contributed by atoms with Crippen molar-refractivity contribution >= 4 is 23.1 Å². The molecule has 1 aliphatic rings. The second-order valence-electron chi connectivity index (χ2n) is 7.73. The van der Waals surface area contributed by atoms with Crippen molar-refractivity contribution in [3.8, 4) is 5.75 Å². The Kier molecular flexibility index (Phi) is 5.77. The van der Waals surface area contributed by atoms with Crippen LogP contribution in [0.5, 0.6) is 5.75 Å².